The van der Waals surface area contributed by atoms with Crippen molar-refractivity contribution in [3.8, 4) is 17.9 Å². The summed E-state index contributed by atoms with van der Waals surface area (Å²) in [5.41, 5.74) is 6.63. The van der Waals surface area contributed by atoms with Gasteiger partial charge in [-0.15, -0.1) is 0 Å². The largest absolute Gasteiger partial charge is 0.440 e. The summed E-state index contributed by atoms with van der Waals surface area (Å²) in [6.07, 6.45) is 1.88. The number of hydrogen-bond acceptors (Lipinski definition) is 5. The number of likely N-dealkylation sites (tertiary alicyclic amines) is 1. The van der Waals surface area contributed by atoms with Crippen LogP contribution >= 0.6 is 0 Å². The van der Waals surface area contributed by atoms with E-state index in [4.69, 9.17) is 10.5 Å². The number of ether oxygens (including phenoxy) is 1. The Hall–Kier alpha value is -2.99. The summed E-state index contributed by atoms with van der Waals surface area (Å²) in [5.74, 6) is -1.46. The van der Waals surface area contributed by atoms with Gasteiger partial charge in [0.1, 0.15) is 17.7 Å². The number of fused-ring (bicyclic) bond motifs is 1. The van der Waals surface area contributed by atoms with Crippen LogP contribution < -0.4 is 10.5 Å². The van der Waals surface area contributed by atoms with Crippen LogP contribution in [0.3, 0.4) is 0 Å². The number of carbonyl (C=O) groups excluding carboxylic acids is 1. The number of amides is 1. The highest BCUT2D eigenvalue weighted by Crippen LogP contribution is 2.42. The van der Waals surface area contributed by atoms with Crippen molar-refractivity contribution >= 4 is 5.91 Å². The van der Waals surface area contributed by atoms with Crippen molar-refractivity contribution in [1.82, 2.24) is 4.90 Å². The molecule has 3 rings (SSSR count). The molecule has 1 fully saturated rings. The van der Waals surface area contributed by atoms with E-state index in [0.717, 1.165) is 12.8 Å². The Morgan fingerprint density at radius 2 is 2.00 bits per heavy atom. The molecule has 1 saturated heterocycles. The van der Waals surface area contributed by atoms with Crippen LogP contribution in [0, 0.1) is 28.6 Å². The standard InChI is InChI=1S/C17H16N4O2/c18-9-12-15(11-5-1-2-6-14(11)23-16(12)20)13(10-19)17(22)21-7-3-4-8-21/h1-2,5-6,13,15H,3-4,7-8,20H2. The fourth-order valence-corrected chi connectivity index (χ4v) is 3.19. The molecule has 0 aliphatic carbocycles. The minimum absolute atomic E-state index is 0.0364. The molecule has 2 unspecified atom stereocenters. The summed E-state index contributed by atoms with van der Waals surface area (Å²) >= 11 is 0. The third-order valence-corrected chi connectivity index (χ3v) is 4.33. The first kappa shape index (κ1) is 14.9. The van der Waals surface area contributed by atoms with Gasteiger partial charge in [0.05, 0.1) is 17.6 Å². The van der Waals surface area contributed by atoms with Crippen molar-refractivity contribution in [3.63, 3.8) is 0 Å². The third kappa shape index (κ3) is 2.49. The minimum atomic E-state index is -0.980. The van der Waals surface area contributed by atoms with Crippen LogP contribution in [0.2, 0.25) is 0 Å². The number of allylic oxidation sites excluding steroid dienone is 1. The van der Waals surface area contributed by atoms with E-state index >= 15 is 0 Å². The number of nitriles is 2. The van der Waals surface area contributed by atoms with Crippen molar-refractivity contribution in [3.05, 3.63) is 41.3 Å². The monoisotopic (exact) mass is 308 g/mol. The average Bonchev–Trinajstić information content (AvgIpc) is 3.09. The lowest BCUT2D eigenvalue weighted by Gasteiger charge is -2.30. The van der Waals surface area contributed by atoms with Gasteiger partial charge >= 0.3 is 0 Å². The summed E-state index contributed by atoms with van der Waals surface area (Å²) < 4.78 is 5.47. The van der Waals surface area contributed by atoms with Crippen molar-refractivity contribution in [1.29, 1.82) is 10.5 Å². The first-order chi connectivity index (χ1) is 11.2. The fourth-order valence-electron chi connectivity index (χ4n) is 3.19. The van der Waals surface area contributed by atoms with Crippen LogP contribution in [-0.2, 0) is 4.79 Å². The molecule has 0 saturated carbocycles. The Bertz CT molecular complexity index is 751. The maximum atomic E-state index is 12.7. The van der Waals surface area contributed by atoms with Crippen LogP contribution in [0.5, 0.6) is 5.75 Å². The van der Waals surface area contributed by atoms with Crippen LogP contribution in [0.1, 0.15) is 24.3 Å². The normalized spacial score (nSPS) is 21.0. The zero-order chi connectivity index (χ0) is 16.4. The predicted octanol–water partition coefficient (Wildman–Crippen LogP) is 1.62. The Balaban J connectivity index is 2.06. The molecular formula is C17H16N4O2. The van der Waals surface area contributed by atoms with Gasteiger partial charge in [-0.3, -0.25) is 4.79 Å². The second-order valence-electron chi connectivity index (χ2n) is 5.65. The van der Waals surface area contributed by atoms with E-state index in [1.165, 1.54) is 0 Å². The van der Waals surface area contributed by atoms with E-state index in [2.05, 4.69) is 6.07 Å². The first-order valence-corrected chi connectivity index (χ1v) is 7.52. The fraction of sp³-hybridized carbons (Fsp3) is 0.353. The summed E-state index contributed by atoms with van der Waals surface area (Å²) in [5, 5.41) is 19.1. The van der Waals surface area contributed by atoms with E-state index in [-0.39, 0.29) is 17.4 Å². The van der Waals surface area contributed by atoms with Gasteiger partial charge in [-0.25, -0.2) is 0 Å². The van der Waals surface area contributed by atoms with Crippen LogP contribution in [0.4, 0.5) is 0 Å². The number of nitrogens with two attached hydrogens (primary N) is 1. The number of rotatable bonds is 2. The lowest BCUT2D eigenvalue weighted by atomic mass is 9.79. The smallest absolute Gasteiger partial charge is 0.240 e. The molecule has 6 heteroatoms. The van der Waals surface area contributed by atoms with E-state index in [1.54, 1.807) is 29.2 Å². The van der Waals surface area contributed by atoms with Crippen LogP contribution in [0.25, 0.3) is 0 Å². The molecule has 2 aliphatic heterocycles. The number of hydrogen-bond donors (Lipinski definition) is 1. The maximum Gasteiger partial charge on any atom is 0.240 e. The van der Waals surface area contributed by atoms with Gasteiger partial charge in [-0.05, 0) is 18.9 Å². The SMILES string of the molecule is N#CC1=C(N)Oc2ccccc2C1C(C#N)C(=O)N1CCCC1. The quantitative estimate of drug-likeness (QED) is 0.894. The second kappa shape index (κ2) is 6.02. The highest BCUT2D eigenvalue weighted by Gasteiger charge is 2.41. The minimum Gasteiger partial charge on any atom is -0.440 e. The summed E-state index contributed by atoms with van der Waals surface area (Å²) in [6, 6.07) is 11.2. The Morgan fingerprint density at radius 3 is 2.65 bits per heavy atom. The van der Waals surface area contributed by atoms with E-state index in [0.29, 0.717) is 24.4 Å². The van der Waals surface area contributed by atoms with Gasteiger partial charge in [0.15, 0.2) is 0 Å². The van der Waals surface area contributed by atoms with Crippen LogP contribution in [-0.4, -0.2) is 23.9 Å². The van der Waals surface area contributed by atoms with Gasteiger partial charge in [0.2, 0.25) is 11.8 Å². The van der Waals surface area contributed by atoms with E-state index < -0.39 is 11.8 Å². The van der Waals surface area contributed by atoms with Crippen molar-refractivity contribution in [2.45, 2.75) is 18.8 Å². The molecule has 2 atom stereocenters. The van der Waals surface area contributed by atoms with Crippen molar-refractivity contribution in [2.24, 2.45) is 11.7 Å². The topological polar surface area (TPSA) is 103 Å². The number of nitrogens with zero attached hydrogens (tertiary/aromatic N) is 3. The zero-order valence-corrected chi connectivity index (χ0v) is 12.5. The Labute approximate surface area is 134 Å². The van der Waals surface area contributed by atoms with Gasteiger partial charge in [0, 0.05) is 18.7 Å². The van der Waals surface area contributed by atoms with E-state index in [1.807, 2.05) is 6.07 Å². The Morgan fingerprint density at radius 1 is 1.30 bits per heavy atom. The Kier molecular flexibility index (Phi) is 3.91. The molecule has 0 aromatic heterocycles. The molecule has 2 N–H and O–H groups in total. The molecule has 0 radical (unpaired) electrons. The van der Waals surface area contributed by atoms with Gasteiger partial charge in [-0.1, -0.05) is 18.2 Å². The molecule has 6 nitrogen and oxygen atoms in total. The number of para-hydroxylation sites is 1. The molecule has 2 heterocycles. The van der Waals surface area contributed by atoms with Gasteiger partial charge in [0.25, 0.3) is 0 Å². The van der Waals surface area contributed by atoms with Crippen molar-refractivity contribution < 1.29 is 9.53 Å². The lowest BCUT2D eigenvalue weighted by Crippen LogP contribution is -2.38. The molecular weight excluding hydrogens is 292 g/mol. The van der Waals surface area contributed by atoms with Gasteiger partial charge in [-0.2, -0.15) is 10.5 Å². The number of carbonyl (C=O) groups is 1. The molecule has 0 bridgehead atoms. The summed E-state index contributed by atoms with van der Waals surface area (Å²) in [4.78, 5) is 14.4. The van der Waals surface area contributed by atoms with Crippen molar-refractivity contribution in [2.75, 3.05) is 13.1 Å². The number of benzene rings is 1. The highest BCUT2D eigenvalue weighted by molar-refractivity contribution is 5.84. The molecule has 23 heavy (non-hydrogen) atoms. The third-order valence-electron chi connectivity index (χ3n) is 4.33. The molecule has 116 valence electrons. The van der Waals surface area contributed by atoms with Crippen LogP contribution in [0.15, 0.2) is 35.7 Å². The molecule has 1 aromatic carbocycles. The predicted molar refractivity (Wildman–Crippen MR) is 81.6 cm³/mol. The zero-order valence-electron chi connectivity index (χ0n) is 12.5. The average molecular weight is 308 g/mol. The lowest BCUT2D eigenvalue weighted by molar-refractivity contribution is -0.133. The first-order valence-electron chi connectivity index (χ1n) is 7.52. The molecule has 1 aromatic rings. The molecule has 0 spiro atoms. The summed E-state index contributed by atoms with van der Waals surface area (Å²) in [6.45, 7) is 1.31. The van der Waals surface area contributed by atoms with E-state index in [9.17, 15) is 15.3 Å². The summed E-state index contributed by atoms with van der Waals surface area (Å²) in [7, 11) is 0. The second-order valence-corrected chi connectivity index (χ2v) is 5.65. The maximum absolute atomic E-state index is 12.7. The van der Waals surface area contributed by atoms with Gasteiger partial charge < -0.3 is 15.4 Å². The molecule has 2 aliphatic rings. The highest BCUT2D eigenvalue weighted by atomic mass is 16.5. The molecule has 1 amide bonds.